The summed E-state index contributed by atoms with van der Waals surface area (Å²) in [6.07, 6.45) is 1.14. The summed E-state index contributed by atoms with van der Waals surface area (Å²) in [4.78, 5) is 23.2. The number of ether oxygens (including phenoxy) is 2. The number of aryl methyl sites for hydroxylation is 2. The first-order chi connectivity index (χ1) is 12.5. The Bertz CT molecular complexity index is 731. The van der Waals surface area contributed by atoms with Crippen molar-refractivity contribution < 1.29 is 14.3 Å². The molecule has 6 heteroatoms. The molecule has 0 saturated carbocycles. The van der Waals surface area contributed by atoms with E-state index >= 15 is 0 Å². The topological polar surface area (TPSA) is 64.5 Å². The summed E-state index contributed by atoms with van der Waals surface area (Å²) in [6, 6.07) is 11.7. The SMILES string of the molecule is Cc1cc(C)nc(OC2CCCN(C(=O)C(C)Oc3ccccc3)C2)n1. The molecular weight excluding hydrogens is 330 g/mol. The fourth-order valence-corrected chi connectivity index (χ4v) is 3.14. The van der Waals surface area contributed by atoms with Crippen molar-refractivity contribution in [2.75, 3.05) is 13.1 Å². The minimum atomic E-state index is -0.534. The third kappa shape index (κ3) is 4.71. The maximum absolute atomic E-state index is 12.7. The second kappa shape index (κ2) is 8.17. The second-order valence-corrected chi connectivity index (χ2v) is 6.67. The van der Waals surface area contributed by atoms with Gasteiger partial charge in [0.1, 0.15) is 11.9 Å². The number of likely N-dealkylation sites (tertiary alicyclic amines) is 1. The average molecular weight is 355 g/mol. The van der Waals surface area contributed by atoms with Gasteiger partial charge in [-0.05, 0) is 51.8 Å². The lowest BCUT2D eigenvalue weighted by Crippen LogP contribution is -2.48. The van der Waals surface area contributed by atoms with Gasteiger partial charge in [-0.25, -0.2) is 9.97 Å². The van der Waals surface area contributed by atoms with Gasteiger partial charge in [-0.1, -0.05) is 18.2 Å². The molecule has 0 spiro atoms. The molecule has 0 N–H and O–H groups in total. The van der Waals surface area contributed by atoms with E-state index in [9.17, 15) is 4.79 Å². The zero-order chi connectivity index (χ0) is 18.5. The number of rotatable bonds is 5. The Labute approximate surface area is 154 Å². The predicted octanol–water partition coefficient (Wildman–Crippen LogP) is 2.93. The van der Waals surface area contributed by atoms with Crippen molar-refractivity contribution in [2.45, 2.75) is 45.8 Å². The van der Waals surface area contributed by atoms with Crippen LogP contribution in [0.1, 0.15) is 31.2 Å². The average Bonchev–Trinajstić information content (AvgIpc) is 2.61. The normalized spacial score (nSPS) is 18.3. The lowest BCUT2D eigenvalue weighted by Gasteiger charge is -2.33. The van der Waals surface area contributed by atoms with Crippen LogP contribution in [-0.2, 0) is 4.79 Å². The molecular formula is C20H25N3O3. The highest BCUT2D eigenvalue weighted by Gasteiger charge is 2.29. The smallest absolute Gasteiger partial charge is 0.317 e. The van der Waals surface area contributed by atoms with Crippen LogP contribution in [0.15, 0.2) is 36.4 Å². The number of hydrogen-bond donors (Lipinski definition) is 0. The van der Waals surface area contributed by atoms with E-state index in [0.717, 1.165) is 30.8 Å². The van der Waals surface area contributed by atoms with Gasteiger partial charge in [0.05, 0.1) is 6.54 Å². The fourth-order valence-electron chi connectivity index (χ4n) is 3.14. The molecule has 2 aromatic rings. The van der Waals surface area contributed by atoms with Crippen LogP contribution in [0.2, 0.25) is 0 Å². The van der Waals surface area contributed by atoms with Crippen molar-refractivity contribution in [1.82, 2.24) is 14.9 Å². The van der Waals surface area contributed by atoms with Crippen molar-refractivity contribution in [3.63, 3.8) is 0 Å². The van der Waals surface area contributed by atoms with E-state index in [2.05, 4.69) is 9.97 Å². The van der Waals surface area contributed by atoms with Gasteiger partial charge in [0.25, 0.3) is 5.91 Å². The molecule has 26 heavy (non-hydrogen) atoms. The highest BCUT2D eigenvalue weighted by molar-refractivity contribution is 5.81. The van der Waals surface area contributed by atoms with E-state index in [-0.39, 0.29) is 12.0 Å². The molecule has 1 aliphatic heterocycles. The van der Waals surface area contributed by atoms with Crippen LogP contribution in [0.5, 0.6) is 11.8 Å². The number of para-hydroxylation sites is 1. The maximum Gasteiger partial charge on any atom is 0.317 e. The van der Waals surface area contributed by atoms with E-state index in [1.54, 1.807) is 6.92 Å². The molecule has 1 aliphatic rings. The molecule has 138 valence electrons. The number of nitrogens with zero attached hydrogens (tertiary/aromatic N) is 3. The number of amides is 1. The van der Waals surface area contributed by atoms with E-state index < -0.39 is 6.10 Å². The molecule has 1 saturated heterocycles. The van der Waals surface area contributed by atoms with Crippen LogP contribution < -0.4 is 9.47 Å². The molecule has 0 radical (unpaired) electrons. The first kappa shape index (κ1) is 18.2. The zero-order valence-corrected chi connectivity index (χ0v) is 15.5. The monoisotopic (exact) mass is 355 g/mol. The summed E-state index contributed by atoms with van der Waals surface area (Å²) in [7, 11) is 0. The lowest BCUT2D eigenvalue weighted by molar-refractivity contribution is -0.140. The fraction of sp³-hybridized carbons (Fsp3) is 0.450. The Hall–Kier alpha value is -2.63. The number of carbonyl (C=O) groups is 1. The molecule has 2 unspecified atom stereocenters. The Morgan fingerprint density at radius 2 is 1.88 bits per heavy atom. The summed E-state index contributed by atoms with van der Waals surface area (Å²) in [5, 5.41) is 0. The second-order valence-electron chi connectivity index (χ2n) is 6.67. The van der Waals surface area contributed by atoms with Crippen LogP contribution in [0.3, 0.4) is 0 Å². The summed E-state index contributed by atoms with van der Waals surface area (Å²) in [6.45, 7) is 6.86. The summed E-state index contributed by atoms with van der Waals surface area (Å²) < 4.78 is 11.7. The number of carbonyl (C=O) groups excluding carboxylic acids is 1. The van der Waals surface area contributed by atoms with Crippen LogP contribution in [-0.4, -0.2) is 46.1 Å². The van der Waals surface area contributed by atoms with Gasteiger partial charge >= 0.3 is 6.01 Å². The minimum absolute atomic E-state index is 0.0245. The zero-order valence-electron chi connectivity index (χ0n) is 15.5. The van der Waals surface area contributed by atoms with Crippen molar-refractivity contribution in [3.05, 3.63) is 47.8 Å². The Balaban J connectivity index is 1.59. The summed E-state index contributed by atoms with van der Waals surface area (Å²) in [5.41, 5.74) is 1.75. The van der Waals surface area contributed by atoms with Gasteiger partial charge in [-0.3, -0.25) is 4.79 Å². The first-order valence-corrected chi connectivity index (χ1v) is 9.00. The molecule has 1 fully saturated rings. The highest BCUT2D eigenvalue weighted by Crippen LogP contribution is 2.18. The van der Waals surface area contributed by atoms with Gasteiger partial charge in [0, 0.05) is 17.9 Å². The molecule has 1 aromatic carbocycles. The Kier molecular flexibility index (Phi) is 5.71. The van der Waals surface area contributed by atoms with Gasteiger partial charge in [-0.15, -0.1) is 0 Å². The lowest BCUT2D eigenvalue weighted by atomic mass is 10.1. The molecule has 1 aromatic heterocycles. The van der Waals surface area contributed by atoms with E-state index in [1.807, 2.05) is 55.1 Å². The quantitative estimate of drug-likeness (QED) is 0.825. The molecule has 2 heterocycles. The number of piperidine rings is 1. The van der Waals surface area contributed by atoms with Gasteiger partial charge < -0.3 is 14.4 Å². The summed E-state index contributed by atoms with van der Waals surface area (Å²) in [5.74, 6) is 0.672. The first-order valence-electron chi connectivity index (χ1n) is 9.00. The van der Waals surface area contributed by atoms with E-state index in [1.165, 1.54) is 0 Å². The van der Waals surface area contributed by atoms with Crippen LogP contribution >= 0.6 is 0 Å². The van der Waals surface area contributed by atoms with Crippen molar-refractivity contribution >= 4 is 5.91 Å². The molecule has 0 aliphatic carbocycles. The maximum atomic E-state index is 12.7. The molecule has 0 bridgehead atoms. The van der Waals surface area contributed by atoms with Crippen molar-refractivity contribution in [1.29, 1.82) is 0 Å². The number of benzene rings is 1. The molecule has 6 nitrogen and oxygen atoms in total. The van der Waals surface area contributed by atoms with Crippen molar-refractivity contribution in [3.8, 4) is 11.8 Å². The minimum Gasteiger partial charge on any atom is -0.481 e. The third-order valence-corrected chi connectivity index (χ3v) is 4.33. The van der Waals surface area contributed by atoms with Crippen LogP contribution in [0.25, 0.3) is 0 Å². The summed E-state index contributed by atoms with van der Waals surface area (Å²) >= 11 is 0. The predicted molar refractivity (Wildman–Crippen MR) is 98.3 cm³/mol. The number of aromatic nitrogens is 2. The molecule has 1 amide bonds. The van der Waals surface area contributed by atoms with Gasteiger partial charge in [-0.2, -0.15) is 0 Å². The Morgan fingerprint density at radius 3 is 2.58 bits per heavy atom. The van der Waals surface area contributed by atoms with E-state index in [0.29, 0.717) is 18.3 Å². The molecule has 2 atom stereocenters. The van der Waals surface area contributed by atoms with Gasteiger partial charge in [0.15, 0.2) is 6.10 Å². The highest BCUT2D eigenvalue weighted by atomic mass is 16.5. The van der Waals surface area contributed by atoms with Gasteiger partial charge in [0.2, 0.25) is 0 Å². The van der Waals surface area contributed by atoms with Crippen LogP contribution in [0, 0.1) is 13.8 Å². The van der Waals surface area contributed by atoms with Crippen molar-refractivity contribution in [2.24, 2.45) is 0 Å². The van der Waals surface area contributed by atoms with Crippen LogP contribution in [0.4, 0.5) is 0 Å². The largest absolute Gasteiger partial charge is 0.481 e. The number of hydrogen-bond acceptors (Lipinski definition) is 5. The molecule has 3 rings (SSSR count). The standard InChI is InChI=1S/C20H25N3O3/c1-14-12-15(2)22-20(21-14)26-18-10-7-11-23(13-18)19(24)16(3)25-17-8-5-4-6-9-17/h4-6,8-9,12,16,18H,7,10-11,13H2,1-3H3. The van der Waals surface area contributed by atoms with E-state index in [4.69, 9.17) is 9.47 Å². The Morgan fingerprint density at radius 1 is 1.19 bits per heavy atom. The third-order valence-electron chi connectivity index (χ3n) is 4.33.